The Labute approximate surface area is 138 Å². The van der Waals surface area contributed by atoms with Crippen molar-refractivity contribution in [2.24, 2.45) is 5.73 Å². The number of halogens is 4. The van der Waals surface area contributed by atoms with Crippen LogP contribution in [0, 0.1) is 5.82 Å². The van der Waals surface area contributed by atoms with Gasteiger partial charge in [0.25, 0.3) is 5.91 Å². The Morgan fingerprint density at radius 3 is 2.42 bits per heavy atom. The van der Waals surface area contributed by atoms with Crippen LogP contribution in [0.4, 0.5) is 17.6 Å². The van der Waals surface area contributed by atoms with E-state index in [-0.39, 0.29) is 5.56 Å². The second-order valence-electron chi connectivity index (χ2n) is 5.89. The van der Waals surface area contributed by atoms with Gasteiger partial charge in [-0.3, -0.25) is 4.79 Å². The fourth-order valence-electron chi connectivity index (χ4n) is 2.99. The zero-order valence-electron chi connectivity index (χ0n) is 13.2. The summed E-state index contributed by atoms with van der Waals surface area (Å²) >= 11 is 0. The van der Waals surface area contributed by atoms with Crippen LogP contribution in [0.25, 0.3) is 0 Å². The lowest BCUT2D eigenvalue weighted by Gasteiger charge is -2.38. The lowest BCUT2D eigenvalue weighted by molar-refractivity contribution is -0.146. The third-order valence-electron chi connectivity index (χ3n) is 4.16. The van der Waals surface area contributed by atoms with Crippen LogP contribution in [0.5, 0.6) is 0 Å². The molecule has 8 heteroatoms. The van der Waals surface area contributed by atoms with Crippen LogP contribution in [0.1, 0.15) is 23.2 Å². The number of nitrogens with two attached hydrogens (primary N) is 1. The number of nitrogens with zero attached hydrogens (tertiary/aromatic N) is 2. The Balaban J connectivity index is 2.17. The smallest absolute Gasteiger partial charge is 0.329 e. The van der Waals surface area contributed by atoms with Gasteiger partial charge in [-0.25, -0.2) is 4.39 Å². The van der Waals surface area contributed by atoms with Crippen LogP contribution in [0.15, 0.2) is 24.3 Å². The fourth-order valence-corrected chi connectivity index (χ4v) is 2.99. The van der Waals surface area contributed by atoms with Crippen LogP contribution < -0.4 is 5.73 Å². The summed E-state index contributed by atoms with van der Waals surface area (Å²) < 4.78 is 52.6. The van der Waals surface area contributed by atoms with Crippen LogP contribution >= 0.6 is 0 Å². The molecule has 0 aliphatic carbocycles. The lowest BCUT2D eigenvalue weighted by Crippen LogP contribution is -2.51. The quantitative estimate of drug-likeness (QED) is 0.832. The number of carbonyl (C=O) groups is 1. The van der Waals surface area contributed by atoms with Crippen molar-refractivity contribution in [3.8, 4) is 0 Å². The standard InChI is InChI=1S/C16H21F4N3O/c17-14-4-2-1-3-13(14)15(24)23(11-16(18,19)20)12-5-8-22(9-6-12)10-7-21/h1-4,12H,5-11,21H2. The predicted octanol–water partition coefficient (Wildman–Crippen LogP) is 2.25. The highest BCUT2D eigenvalue weighted by atomic mass is 19.4. The van der Waals surface area contributed by atoms with Gasteiger partial charge in [0.05, 0.1) is 5.56 Å². The molecule has 1 heterocycles. The van der Waals surface area contributed by atoms with Gasteiger partial charge in [0.1, 0.15) is 12.4 Å². The van der Waals surface area contributed by atoms with Gasteiger partial charge in [-0.1, -0.05) is 12.1 Å². The van der Waals surface area contributed by atoms with E-state index < -0.39 is 30.5 Å². The number of alkyl halides is 3. The van der Waals surface area contributed by atoms with E-state index >= 15 is 0 Å². The maximum Gasteiger partial charge on any atom is 0.406 e. The average molecular weight is 347 g/mol. The molecule has 0 saturated carbocycles. The molecule has 1 aliphatic rings. The van der Waals surface area contributed by atoms with Crippen molar-refractivity contribution in [1.29, 1.82) is 0 Å². The van der Waals surface area contributed by atoms with Crippen molar-refractivity contribution < 1.29 is 22.4 Å². The first kappa shape index (κ1) is 18.7. The topological polar surface area (TPSA) is 49.6 Å². The van der Waals surface area contributed by atoms with Gasteiger partial charge >= 0.3 is 6.18 Å². The molecule has 1 aromatic rings. The molecule has 24 heavy (non-hydrogen) atoms. The number of amides is 1. The first-order valence-electron chi connectivity index (χ1n) is 7.86. The van der Waals surface area contributed by atoms with E-state index in [9.17, 15) is 22.4 Å². The van der Waals surface area contributed by atoms with Gasteiger partial charge in [0.15, 0.2) is 0 Å². The zero-order chi connectivity index (χ0) is 17.7. The summed E-state index contributed by atoms with van der Waals surface area (Å²) in [6.45, 7) is 0.918. The second kappa shape index (κ2) is 7.94. The molecule has 1 amide bonds. The van der Waals surface area contributed by atoms with Crippen LogP contribution in [0.2, 0.25) is 0 Å². The molecule has 2 rings (SSSR count). The summed E-state index contributed by atoms with van der Waals surface area (Å²) in [4.78, 5) is 15.3. The number of rotatable bonds is 5. The van der Waals surface area contributed by atoms with E-state index in [0.29, 0.717) is 39.0 Å². The summed E-state index contributed by atoms with van der Waals surface area (Å²) in [5.41, 5.74) is 5.15. The first-order valence-corrected chi connectivity index (χ1v) is 7.86. The Hall–Kier alpha value is -1.67. The summed E-state index contributed by atoms with van der Waals surface area (Å²) in [6, 6.07) is 4.55. The van der Waals surface area contributed by atoms with E-state index in [2.05, 4.69) is 4.90 Å². The van der Waals surface area contributed by atoms with Crippen molar-refractivity contribution >= 4 is 5.91 Å². The van der Waals surface area contributed by atoms with E-state index in [1.807, 2.05) is 0 Å². The zero-order valence-corrected chi connectivity index (χ0v) is 13.2. The second-order valence-corrected chi connectivity index (χ2v) is 5.89. The lowest BCUT2D eigenvalue weighted by atomic mass is 10.0. The van der Waals surface area contributed by atoms with E-state index in [0.717, 1.165) is 11.0 Å². The highest BCUT2D eigenvalue weighted by Crippen LogP contribution is 2.25. The number of hydrogen-bond donors (Lipinski definition) is 1. The van der Waals surface area contributed by atoms with Gasteiger partial charge in [-0.05, 0) is 25.0 Å². The molecule has 1 saturated heterocycles. The predicted molar refractivity (Wildman–Crippen MR) is 82.0 cm³/mol. The molecule has 1 aromatic carbocycles. The largest absolute Gasteiger partial charge is 0.406 e. The molecular formula is C16H21F4N3O. The van der Waals surface area contributed by atoms with Crippen molar-refractivity contribution in [3.05, 3.63) is 35.6 Å². The maximum absolute atomic E-state index is 13.8. The van der Waals surface area contributed by atoms with Gasteiger partial charge in [0, 0.05) is 32.2 Å². The summed E-state index contributed by atoms with van der Waals surface area (Å²) in [7, 11) is 0. The van der Waals surface area contributed by atoms with Gasteiger partial charge in [0.2, 0.25) is 0 Å². The molecule has 2 N–H and O–H groups in total. The molecule has 134 valence electrons. The molecule has 1 fully saturated rings. The highest BCUT2D eigenvalue weighted by Gasteiger charge is 2.38. The summed E-state index contributed by atoms with van der Waals surface area (Å²) in [5.74, 6) is -1.72. The fraction of sp³-hybridized carbons (Fsp3) is 0.562. The minimum absolute atomic E-state index is 0.328. The monoisotopic (exact) mass is 347 g/mol. The first-order chi connectivity index (χ1) is 11.3. The van der Waals surface area contributed by atoms with Crippen molar-refractivity contribution in [2.75, 3.05) is 32.7 Å². The number of likely N-dealkylation sites (tertiary alicyclic amines) is 1. The number of hydrogen-bond acceptors (Lipinski definition) is 3. The molecule has 0 atom stereocenters. The average Bonchev–Trinajstić information content (AvgIpc) is 2.53. The summed E-state index contributed by atoms with van der Waals surface area (Å²) in [5, 5.41) is 0. The molecule has 0 spiro atoms. The third-order valence-corrected chi connectivity index (χ3v) is 4.16. The van der Waals surface area contributed by atoms with Gasteiger partial charge in [-0.15, -0.1) is 0 Å². The molecule has 1 aliphatic heterocycles. The Morgan fingerprint density at radius 2 is 1.88 bits per heavy atom. The van der Waals surface area contributed by atoms with E-state index in [1.165, 1.54) is 18.2 Å². The van der Waals surface area contributed by atoms with Crippen molar-refractivity contribution in [3.63, 3.8) is 0 Å². The molecule has 0 radical (unpaired) electrons. The molecule has 0 unspecified atom stereocenters. The van der Waals surface area contributed by atoms with Crippen LogP contribution in [-0.2, 0) is 0 Å². The Morgan fingerprint density at radius 1 is 1.25 bits per heavy atom. The number of benzene rings is 1. The van der Waals surface area contributed by atoms with Gasteiger partial charge < -0.3 is 15.5 Å². The normalized spacial score (nSPS) is 17.0. The molecule has 4 nitrogen and oxygen atoms in total. The molecule has 0 bridgehead atoms. The Kier molecular flexibility index (Phi) is 6.17. The number of piperidine rings is 1. The third kappa shape index (κ3) is 4.91. The van der Waals surface area contributed by atoms with E-state index in [4.69, 9.17) is 5.73 Å². The SMILES string of the molecule is NCCN1CCC(N(CC(F)(F)F)C(=O)c2ccccc2F)CC1. The highest BCUT2D eigenvalue weighted by molar-refractivity contribution is 5.94. The van der Waals surface area contributed by atoms with Crippen LogP contribution in [-0.4, -0.2) is 60.6 Å². The summed E-state index contributed by atoms with van der Waals surface area (Å²) in [6.07, 6.45) is -3.71. The van der Waals surface area contributed by atoms with Crippen LogP contribution in [0.3, 0.4) is 0 Å². The Bertz CT molecular complexity index is 556. The number of carbonyl (C=O) groups excluding carboxylic acids is 1. The minimum atomic E-state index is -4.53. The van der Waals surface area contributed by atoms with Crippen molar-refractivity contribution in [1.82, 2.24) is 9.80 Å². The molecule has 0 aromatic heterocycles. The van der Waals surface area contributed by atoms with E-state index in [1.54, 1.807) is 0 Å². The van der Waals surface area contributed by atoms with Gasteiger partial charge in [-0.2, -0.15) is 13.2 Å². The minimum Gasteiger partial charge on any atom is -0.329 e. The van der Waals surface area contributed by atoms with Crippen molar-refractivity contribution in [2.45, 2.75) is 25.1 Å². The molecular weight excluding hydrogens is 326 g/mol. The maximum atomic E-state index is 13.8.